The van der Waals surface area contributed by atoms with Gasteiger partial charge in [0.1, 0.15) is 6.04 Å². The van der Waals surface area contributed by atoms with E-state index < -0.39 is 0 Å². The highest BCUT2D eigenvalue weighted by atomic mass is 16.5. The highest BCUT2D eigenvalue weighted by Gasteiger charge is 2.21. The molecule has 2 amide bonds. The Morgan fingerprint density at radius 3 is 2.44 bits per heavy atom. The lowest BCUT2D eigenvalue weighted by atomic mass is 10.1. The first-order valence-electron chi connectivity index (χ1n) is 9.48. The number of nitrogens with zero attached hydrogens (tertiary/aromatic N) is 5. The predicted octanol–water partition coefficient (Wildman–Crippen LogP) is 3.56. The fourth-order valence-electron chi connectivity index (χ4n) is 2.99. The molecule has 0 saturated carbocycles. The van der Waals surface area contributed by atoms with Crippen LogP contribution in [0.1, 0.15) is 75.4 Å². The Kier molecular flexibility index (Phi) is 6.62. The summed E-state index contributed by atoms with van der Waals surface area (Å²) in [5.41, 5.74) is 3.11. The van der Waals surface area contributed by atoms with Crippen LogP contribution >= 0.6 is 0 Å². The van der Waals surface area contributed by atoms with Gasteiger partial charge in [-0.05, 0) is 40.5 Å². The van der Waals surface area contributed by atoms with E-state index in [1.165, 1.54) is 0 Å². The van der Waals surface area contributed by atoms with E-state index in [1.54, 1.807) is 11.9 Å². The summed E-state index contributed by atoms with van der Waals surface area (Å²) < 4.78 is 7.28. The third-order valence-electron chi connectivity index (χ3n) is 4.49. The predicted molar refractivity (Wildman–Crippen MR) is 103 cm³/mol. The van der Waals surface area contributed by atoms with Crippen molar-refractivity contribution in [1.29, 1.82) is 0 Å². The van der Waals surface area contributed by atoms with Gasteiger partial charge in [-0.2, -0.15) is 10.1 Å². The van der Waals surface area contributed by atoms with Crippen molar-refractivity contribution >= 4 is 6.03 Å². The van der Waals surface area contributed by atoms with E-state index in [0.717, 1.165) is 23.4 Å². The van der Waals surface area contributed by atoms with Crippen molar-refractivity contribution in [2.75, 3.05) is 7.05 Å². The standard InChI is InChI=1S/C19H32N6O2/c1-11(2)9-17-21-18(27-23-17)14(6)20-19(26)24(8)10-16-13(5)22-25(12(3)4)15(16)7/h11-12,14H,9-10H2,1-8H3,(H,20,26)/t14-/m1/s1. The van der Waals surface area contributed by atoms with Gasteiger partial charge in [-0.1, -0.05) is 19.0 Å². The molecule has 0 aliphatic heterocycles. The number of hydrogen-bond acceptors (Lipinski definition) is 5. The normalized spacial score (nSPS) is 12.7. The van der Waals surface area contributed by atoms with Gasteiger partial charge in [0.2, 0.25) is 5.89 Å². The lowest BCUT2D eigenvalue weighted by molar-refractivity contribution is 0.200. The van der Waals surface area contributed by atoms with E-state index in [0.29, 0.717) is 24.2 Å². The molecule has 0 aliphatic rings. The quantitative estimate of drug-likeness (QED) is 0.798. The van der Waals surface area contributed by atoms with E-state index in [4.69, 9.17) is 4.52 Å². The zero-order valence-electron chi connectivity index (χ0n) is 17.7. The molecule has 0 unspecified atom stereocenters. The van der Waals surface area contributed by atoms with Crippen LogP contribution in [0.15, 0.2) is 4.52 Å². The van der Waals surface area contributed by atoms with Crippen molar-refractivity contribution in [1.82, 2.24) is 30.1 Å². The zero-order chi connectivity index (χ0) is 20.3. The van der Waals surface area contributed by atoms with Gasteiger partial charge in [-0.15, -0.1) is 0 Å². The van der Waals surface area contributed by atoms with Gasteiger partial charge in [0.05, 0.1) is 12.2 Å². The van der Waals surface area contributed by atoms with Crippen LogP contribution in [0.5, 0.6) is 0 Å². The Balaban J connectivity index is 2.00. The first kappa shape index (κ1) is 20.9. The molecule has 0 saturated heterocycles. The molecule has 2 heterocycles. The summed E-state index contributed by atoms with van der Waals surface area (Å²) >= 11 is 0. The van der Waals surface area contributed by atoms with E-state index >= 15 is 0 Å². The lowest BCUT2D eigenvalue weighted by Gasteiger charge is -2.20. The van der Waals surface area contributed by atoms with Crippen LogP contribution in [0, 0.1) is 19.8 Å². The monoisotopic (exact) mass is 376 g/mol. The second-order valence-electron chi connectivity index (χ2n) is 7.86. The van der Waals surface area contributed by atoms with Crippen LogP contribution in [0.2, 0.25) is 0 Å². The van der Waals surface area contributed by atoms with Gasteiger partial charge in [0, 0.05) is 30.8 Å². The molecule has 27 heavy (non-hydrogen) atoms. The summed E-state index contributed by atoms with van der Waals surface area (Å²) in [5, 5.41) is 11.5. The molecular formula is C19H32N6O2. The van der Waals surface area contributed by atoms with E-state index in [9.17, 15) is 4.79 Å². The molecule has 8 nitrogen and oxygen atoms in total. The van der Waals surface area contributed by atoms with Crippen molar-refractivity contribution in [2.24, 2.45) is 5.92 Å². The Morgan fingerprint density at radius 1 is 1.22 bits per heavy atom. The van der Waals surface area contributed by atoms with E-state index in [2.05, 4.69) is 48.3 Å². The molecule has 0 aliphatic carbocycles. The van der Waals surface area contributed by atoms with Gasteiger partial charge in [-0.25, -0.2) is 4.79 Å². The van der Waals surface area contributed by atoms with Crippen molar-refractivity contribution in [3.63, 3.8) is 0 Å². The lowest BCUT2D eigenvalue weighted by Crippen LogP contribution is -2.38. The molecule has 1 atom stereocenters. The Bertz CT molecular complexity index is 777. The van der Waals surface area contributed by atoms with Crippen LogP contribution in [0.3, 0.4) is 0 Å². The summed E-state index contributed by atoms with van der Waals surface area (Å²) in [7, 11) is 1.77. The van der Waals surface area contributed by atoms with Gasteiger partial charge in [-0.3, -0.25) is 4.68 Å². The summed E-state index contributed by atoms with van der Waals surface area (Å²) in [4.78, 5) is 18.6. The molecule has 2 aromatic rings. The number of amides is 2. The van der Waals surface area contributed by atoms with Crippen LogP contribution in [-0.4, -0.2) is 37.9 Å². The molecule has 0 spiro atoms. The first-order valence-corrected chi connectivity index (χ1v) is 9.48. The van der Waals surface area contributed by atoms with Crippen LogP contribution in [0.25, 0.3) is 0 Å². The van der Waals surface area contributed by atoms with Crippen molar-refractivity contribution < 1.29 is 9.32 Å². The van der Waals surface area contributed by atoms with E-state index in [1.807, 2.05) is 25.5 Å². The third kappa shape index (κ3) is 5.08. The number of urea groups is 1. The molecule has 8 heteroatoms. The number of rotatable bonds is 7. The first-order chi connectivity index (χ1) is 12.6. The Labute approximate surface area is 161 Å². The molecule has 2 aromatic heterocycles. The number of hydrogen-bond donors (Lipinski definition) is 1. The zero-order valence-corrected chi connectivity index (χ0v) is 17.7. The van der Waals surface area contributed by atoms with Crippen LogP contribution in [0.4, 0.5) is 4.79 Å². The van der Waals surface area contributed by atoms with Crippen LogP contribution in [-0.2, 0) is 13.0 Å². The highest BCUT2D eigenvalue weighted by molar-refractivity contribution is 5.74. The number of carbonyl (C=O) groups excluding carboxylic acids is 1. The average molecular weight is 377 g/mol. The number of aromatic nitrogens is 4. The summed E-state index contributed by atoms with van der Waals surface area (Å²) in [6.45, 7) is 14.7. The van der Waals surface area contributed by atoms with Crippen LogP contribution < -0.4 is 5.32 Å². The minimum atomic E-state index is -0.353. The Morgan fingerprint density at radius 2 is 1.89 bits per heavy atom. The Hall–Kier alpha value is -2.38. The fourth-order valence-corrected chi connectivity index (χ4v) is 2.99. The molecule has 2 rings (SSSR count). The van der Waals surface area contributed by atoms with Crippen molar-refractivity contribution in [3.8, 4) is 0 Å². The maximum absolute atomic E-state index is 12.6. The van der Waals surface area contributed by atoms with Crippen molar-refractivity contribution in [3.05, 3.63) is 28.7 Å². The van der Waals surface area contributed by atoms with Gasteiger partial charge >= 0.3 is 6.03 Å². The van der Waals surface area contributed by atoms with Crippen molar-refractivity contribution in [2.45, 2.75) is 73.5 Å². The second-order valence-corrected chi connectivity index (χ2v) is 7.86. The van der Waals surface area contributed by atoms with Gasteiger partial charge < -0.3 is 14.7 Å². The molecule has 0 radical (unpaired) electrons. The minimum absolute atomic E-state index is 0.192. The average Bonchev–Trinajstić information content (AvgIpc) is 3.13. The second kappa shape index (κ2) is 8.54. The molecule has 1 N–H and O–H groups in total. The summed E-state index contributed by atoms with van der Waals surface area (Å²) in [5.74, 6) is 1.54. The maximum atomic E-state index is 12.6. The molecular weight excluding hydrogens is 344 g/mol. The summed E-state index contributed by atoms with van der Waals surface area (Å²) in [6, 6.07) is -0.259. The number of nitrogens with one attached hydrogen (secondary N) is 1. The fraction of sp³-hybridized carbons (Fsp3) is 0.684. The van der Waals surface area contributed by atoms with Gasteiger partial charge in [0.25, 0.3) is 0 Å². The highest BCUT2D eigenvalue weighted by Crippen LogP contribution is 2.19. The largest absolute Gasteiger partial charge is 0.337 e. The SMILES string of the molecule is Cc1nn(C(C)C)c(C)c1CN(C)C(=O)N[C@H](C)c1nc(CC(C)C)no1. The molecule has 0 aromatic carbocycles. The topological polar surface area (TPSA) is 89.1 Å². The number of aryl methyl sites for hydroxylation is 1. The minimum Gasteiger partial charge on any atom is -0.337 e. The summed E-state index contributed by atoms with van der Waals surface area (Å²) in [6.07, 6.45) is 0.752. The van der Waals surface area contributed by atoms with E-state index in [-0.39, 0.29) is 18.1 Å². The maximum Gasteiger partial charge on any atom is 0.318 e. The smallest absolute Gasteiger partial charge is 0.318 e. The molecule has 150 valence electrons. The molecule has 0 bridgehead atoms. The number of carbonyl (C=O) groups is 1. The third-order valence-corrected chi connectivity index (χ3v) is 4.49. The van der Waals surface area contributed by atoms with Gasteiger partial charge in [0.15, 0.2) is 5.82 Å². The molecule has 0 fully saturated rings.